The van der Waals surface area contributed by atoms with E-state index < -0.39 is 0 Å². The third kappa shape index (κ3) is 6.07. The maximum atomic E-state index is 9.34. The molecule has 0 spiro atoms. The third-order valence-corrected chi connectivity index (χ3v) is 5.55. The zero-order valence-electron chi connectivity index (χ0n) is 16.1. The monoisotopic (exact) mass is 381 g/mol. The van der Waals surface area contributed by atoms with Gasteiger partial charge in [-0.2, -0.15) is 5.26 Å². The van der Waals surface area contributed by atoms with E-state index in [4.69, 9.17) is 11.6 Å². The fourth-order valence-corrected chi connectivity index (χ4v) is 3.93. The maximum Gasteiger partial charge on any atom is 0.0638 e. The molecule has 27 heavy (non-hydrogen) atoms. The van der Waals surface area contributed by atoms with Crippen LogP contribution < -0.4 is 0 Å². The summed E-state index contributed by atoms with van der Waals surface area (Å²) in [6.45, 7) is 7.01. The number of rotatable bonds is 8. The average Bonchev–Trinajstić information content (AvgIpc) is 3.20. The van der Waals surface area contributed by atoms with Gasteiger partial charge in [-0.25, -0.2) is 0 Å². The third-order valence-electron chi connectivity index (χ3n) is 5.30. The molecule has 1 atom stereocenters. The van der Waals surface area contributed by atoms with Crippen LogP contribution in [-0.4, -0.2) is 35.5 Å². The van der Waals surface area contributed by atoms with Crippen molar-refractivity contribution in [3.05, 3.63) is 70.2 Å². The summed E-state index contributed by atoms with van der Waals surface area (Å²) in [5.41, 5.74) is 3.85. The van der Waals surface area contributed by atoms with E-state index in [1.165, 1.54) is 29.5 Å². The molecule has 0 aromatic heterocycles. The lowest BCUT2D eigenvalue weighted by Gasteiger charge is -2.32. The molecule has 1 fully saturated rings. The van der Waals surface area contributed by atoms with Gasteiger partial charge in [0.1, 0.15) is 0 Å². The Kier molecular flexibility index (Phi) is 7.29. The number of hydrogen-bond donors (Lipinski definition) is 0. The molecular weight excluding hydrogens is 354 g/mol. The highest BCUT2D eigenvalue weighted by Crippen LogP contribution is 2.19. The van der Waals surface area contributed by atoms with Crippen LogP contribution in [0.4, 0.5) is 0 Å². The van der Waals surface area contributed by atoms with Crippen molar-refractivity contribution >= 4 is 11.6 Å². The van der Waals surface area contributed by atoms with E-state index >= 15 is 0 Å². The highest BCUT2D eigenvalue weighted by Gasteiger charge is 2.24. The molecule has 2 aromatic carbocycles. The van der Waals surface area contributed by atoms with Gasteiger partial charge in [-0.05, 0) is 56.1 Å². The van der Waals surface area contributed by atoms with Crippen molar-refractivity contribution in [2.45, 2.75) is 45.3 Å². The van der Waals surface area contributed by atoms with Gasteiger partial charge in [0.2, 0.25) is 0 Å². The number of benzene rings is 2. The molecule has 1 heterocycles. The molecule has 0 N–H and O–H groups in total. The molecule has 1 saturated heterocycles. The second-order valence-corrected chi connectivity index (χ2v) is 7.98. The molecule has 0 bridgehead atoms. The number of halogens is 1. The average molecular weight is 382 g/mol. The quantitative estimate of drug-likeness (QED) is 0.642. The zero-order valence-corrected chi connectivity index (χ0v) is 16.8. The van der Waals surface area contributed by atoms with Crippen LogP contribution in [0.3, 0.4) is 0 Å². The van der Waals surface area contributed by atoms with Crippen LogP contribution in [0.15, 0.2) is 48.5 Å². The first kappa shape index (κ1) is 19.9. The highest BCUT2D eigenvalue weighted by molar-refractivity contribution is 6.30. The molecule has 1 unspecified atom stereocenters. The largest absolute Gasteiger partial charge is 0.298 e. The molecule has 0 radical (unpaired) electrons. The molecule has 0 saturated carbocycles. The van der Waals surface area contributed by atoms with Gasteiger partial charge in [0.05, 0.1) is 12.5 Å². The first-order valence-electron chi connectivity index (χ1n) is 9.77. The van der Waals surface area contributed by atoms with E-state index in [1.807, 2.05) is 12.1 Å². The van der Waals surface area contributed by atoms with Crippen LogP contribution in [0.2, 0.25) is 5.02 Å². The Balaban J connectivity index is 1.75. The number of aryl methyl sites for hydroxylation is 1. The molecular formula is C23H28ClN3. The number of hydrogen-bond acceptors (Lipinski definition) is 3. The van der Waals surface area contributed by atoms with Gasteiger partial charge >= 0.3 is 0 Å². The predicted molar refractivity (Wildman–Crippen MR) is 112 cm³/mol. The first-order chi connectivity index (χ1) is 13.1. The lowest BCUT2D eigenvalue weighted by molar-refractivity contribution is 0.152. The molecule has 2 aromatic rings. The Morgan fingerprint density at radius 1 is 1.00 bits per heavy atom. The van der Waals surface area contributed by atoms with E-state index in [-0.39, 0.29) is 0 Å². The predicted octanol–water partition coefficient (Wildman–Crippen LogP) is 5.03. The van der Waals surface area contributed by atoms with Crippen molar-refractivity contribution in [3.8, 4) is 6.07 Å². The Morgan fingerprint density at radius 2 is 1.56 bits per heavy atom. The molecule has 1 aliphatic heterocycles. The summed E-state index contributed by atoms with van der Waals surface area (Å²) in [7, 11) is 0. The summed E-state index contributed by atoms with van der Waals surface area (Å²) >= 11 is 6.05. The first-order valence-corrected chi connectivity index (χ1v) is 10.1. The van der Waals surface area contributed by atoms with Crippen LogP contribution in [0, 0.1) is 18.3 Å². The summed E-state index contributed by atoms with van der Waals surface area (Å²) < 4.78 is 0. The Morgan fingerprint density at radius 3 is 2.11 bits per heavy atom. The van der Waals surface area contributed by atoms with Crippen LogP contribution >= 0.6 is 11.6 Å². The second-order valence-electron chi connectivity index (χ2n) is 7.54. The molecule has 0 aliphatic carbocycles. The number of nitrogens with zero attached hydrogens (tertiary/aromatic N) is 3. The van der Waals surface area contributed by atoms with Gasteiger partial charge in [-0.15, -0.1) is 0 Å². The van der Waals surface area contributed by atoms with Crippen molar-refractivity contribution in [2.24, 2.45) is 0 Å². The highest BCUT2D eigenvalue weighted by atomic mass is 35.5. The minimum atomic E-state index is 0.301. The molecule has 1 aliphatic rings. The van der Waals surface area contributed by atoms with E-state index in [0.717, 1.165) is 37.7 Å². The van der Waals surface area contributed by atoms with E-state index in [2.05, 4.69) is 59.2 Å². The SMILES string of the molecule is Cc1ccc(CN(Cc2ccc(Cl)cc2)CC(CC#N)N2CCCC2)cc1. The molecule has 3 nitrogen and oxygen atoms in total. The topological polar surface area (TPSA) is 30.3 Å². The van der Waals surface area contributed by atoms with Gasteiger partial charge in [0, 0.05) is 30.7 Å². The van der Waals surface area contributed by atoms with E-state index in [9.17, 15) is 5.26 Å². The molecule has 0 amide bonds. The van der Waals surface area contributed by atoms with Crippen molar-refractivity contribution < 1.29 is 0 Å². The Labute approximate surface area is 168 Å². The Hall–Kier alpha value is -1.86. The second kappa shape index (κ2) is 9.90. The van der Waals surface area contributed by atoms with Crippen molar-refractivity contribution in [1.29, 1.82) is 5.26 Å². The Bertz CT molecular complexity index is 695. The van der Waals surface area contributed by atoms with E-state index in [1.54, 1.807) is 0 Å². The molecule has 142 valence electrons. The maximum absolute atomic E-state index is 9.34. The van der Waals surface area contributed by atoms with Gasteiger partial charge in [0.15, 0.2) is 0 Å². The minimum Gasteiger partial charge on any atom is -0.298 e. The van der Waals surface area contributed by atoms with Gasteiger partial charge in [-0.3, -0.25) is 9.80 Å². The number of nitriles is 1. The minimum absolute atomic E-state index is 0.301. The van der Waals surface area contributed by atoms with Gasteiger partial charge < -0.3 is 0 Å². The van der Waals surface area contributed by atoms with Crippen LogP contribution in [0.25, 0.3) is 0 Å². The number of likely N-dealkylation sites (tertiary alicyclic amines) is 1. The lowest BCUT2D eigenvalue weighted by Crippen LogP contribution is -2.42. The zero-order chi connectivity index (χ0) is 19.1. The van der Waals surface area contributed by atoms with Crippen molar-refractivity contribution in [2.75, 3.05) is 19.6 Å². The van der Waals surface area contributed by atoms with Crippen LogP contribution in [0.1, 0.15) is 36.0 Å². The lowest BCUT2D eigenvalue weighted by atomic mass is 10.1. The summed E-state index contributed by atoms with van der Waals surface area (Å²) in [4.78, 5) is 4.96. The van der Waals surface area contributed by atoms with Crippen molar-refractivity contribution in [1.82, 2.24) is 9.80 Å². The smallest absolute Gasteiger partial charge is 0.0638 e. The molecule has 3 rings (SSSR count). The van der Waals surface area contributed by atoms with Crippen LogP contribution in [0.5, 0.6) is 0 Å². The fourth-order valence-electron chi connectivity index (χ4n) is 3.80. The summed E-state index contributed by atoms with van der Waals surface area (Å²) in [6, 6.07) is 19.6. The normalized spacial score (nSPS) is 15.8. The summed E-state index contributed by atoms with van der Waals surface area (Å²) in [6.07, 6.45) is 3.08. The standard InChI is InChI=1S/C23H28ClN3/c1-19-4-6-20(7-5-19)16-26(17-21-8-10-22(24)11-9-21)18-23(12-13-25)27-14-2-3-15-27/h4-11,23H,2-3,12,14-18H2,1H3. The van der Waals surface area contributed by atoms with E-state index in [0.29, 0.717) is 12.5 Å². The van der Waals surface area contributed by atoms with Crippen LogP contribution in [-0.2, 0) is 13.1 Å². The molecule has 4 heteroatoms. The summed E-state index contributed by atoms with van der Waals surface area (Å²) in [5.74, 6) is 0. The van der Waals surface area contributed by atoms with Gasteiger partial charge in [-0.1, -0.05) is 53.6 Å². The fraction of sp³-hybridized carbons (Fsp3) is 0.435. The van der Waals surface area contributed by atoms with Crippen molar-refractivity contribution in [3.63, 3.8) is 0 Å². The summed E-state index contributed by atoms with van der Waals surface area (Å²) in [5, 5.41) is 10.1. The van der Waals surface area contributed by atoms with Gasteiger partial charge in [0.25, 0.3) is 0 Å².